The van der Waals surface area contributed by atoms with Crippen molar-refractivity contribution in [2.75, 3.05) is 13.1 Å². The van der Waals surface area contributed by atoms with Crippen molar-refractivity contribution < 1.29 is 14.2 Å². The van der Waals surface area contributed by atoms with Gasteiger partial charge in [0.15, 0.2) is 0 Å². The topological polar surface area (TPSA) is 102 Å². The Morgan fingerprint density at radius 2 is 2.21 bits per heavy atom. The van der Waals surface area contributed by atoms with Crippen LogP contribution < -0.4 is 5.73 Å². The summed E-state index contributed by atoms with van der Waals surface area (Å²) in [6.45, 7) is 3.23. The number of carbonyl (C=O) groups excluding carboxylic acids is 2. The van der Waals surface area contributed by atoms with Crippen LogP contribution in [-0.2, 0) is 17.6 Å². The van der Waals surface area contributed by atoms with Crippen LogP contribution in [0.4, 0.5) is 0 Å². The maximum absolute atomic E-state index is 12.4. The number of aryl methyl sites for hydroxylation is 1. The predicted octanol–water partition coefficient (Wildman–Crippen LogP) is 1.11. The van der Waals surface area contributed by atoms with Gasteiger partial charge in [-0.2, -0.15) is 0 Å². The monoisotopic (exact) mass is 328 g/mol. The number of nitrogens with zero attached hydrogens (tertiary/aromatic N) is 3. The standard InChI is InChI=1S/C17H20N4O3/c1-11-15(20-24-19-11)9-16(22)21-6-5-13(10-21)7-12-3-2-4-14(8-12)17(18)23/h2-4,8,13H,5-7,9-10H2,1H3,(H2,18,23). The van der Waals surface area contributed by atoms with Crippen LogP contribution >= 0.6 is 0 Å². The van der Waals surface area contributed by atoms with Gasteiger partial charge in [0.05, 0.1) is 6.42 Å². The number of aromatic nitrogens is 2. The van der Waals surface area contributed by atoms with E-state index in [1.807, 2.05) is 23.1 Å². The van der Waals surface area contributed by atoms with Gasteiger partial charge in [-0.1, -0.05) is 22.4 Å². The number of hydrogen-bond donors (Lipinski definition) is 1. The molecular formula is C17H20N4O3. The molecule has 0 radical (unpaired) electrons. The van der Waals surface area contributed by atoms with Crippen molar-refractivity contribution in [2.24, 2.45) is 11.7 Å². The Kier molecular flexibility index (Phi) is 4.59. The summed E-state index contributed by atoms with van der Waals surface area (Å²) in [6.07, 6.45) is 2.00. The largest absolute Gasteiger partial charge is 0.366 e. The Hall–Kier alpha value is -2.70. The average Bonchev–Trinajstić information content (AvgIpc) is 3.17. The van der Waals surface area contributed by atoms with Crippen molar-refractivity contribution in [3.8, 4) is 0 Å². The van der Waals surface area contributed by atoms with Gasteiger partial charge >= 0.3 is 0 Å². The van der Waals surface area contributed by atoms with Crippen molar-refractivity contribution in [3.63, 3.8) is 0 Å². The second kappa shape index (κ2) is 6.82. The number of likely N-dealkylation sites (tertiary alicyclic amines) is 1. The van der Waals surface area contributed by atoms with Crippen molar-refractivity contribution in [1.82, 2.24) is 15.2 Å². The van der Waals surface area contributed by atoms with Crippen LogP contribution in [0, 0.1) is 12.8 Å². The number of rotatable bonds is 5. The van der Waals surface area contributed by atoms with Gasteiger partial charge in [-0.05, 0) is 43.4 Å². The van der Waals surface area contributed by atoms with E-state index in [4.69, 9.17) is 5.73 Å². The molecule has 3 rings (SSSR count). The molecule has 0 bridgehead atoms. The lowest BCUT2D eigenvalue weighted by atomic mass is 9.97. The van der Waals surface area contributed by atoms with E-state index in [2.05, 4.69) is 14.9 Å². The fraction of sp³-hybridized carbons (Fsp3) is 0.412. The summed E-state index contributed by atoms with van der Waals surface area (Å²) in [4.78, 5) is 25.5. The number of nitrogens with two attached hydrogens (primary N) is 1. The normalized spacial score (nSPS) is 17.2. The molecule has 0 aliphatic carbocycles. The van der Waals surface area contributed by atoms with Gasteiger partial charge < -0.3 is 10.6 Å². The molecule has 2 N–H and O–H groups in total. The lowest BCUT2D eigenvalue weighted by molar-refractivity contribution is -0.129. The van der Waals surface area contributed by atoms with Gasteiger partial charge in [0.25, 0.3) is 0 Å². The zero-order chi connectivity index (χ0) is 17.1. The lowest BCUT2D eigenvalue weighted by Gasteiger charge is -2.16. The molecule has 1 aromatic heterocycles. The molecule has 1 aliphatic rings. The molecule has 1 saturated heterocycles. The third-order valence-electron chi connectivity index (χ3n) is 4.44. The average molecular weight is 328 g/mol. The molecule has 7 nitrogen and oxygen atoms in total. The van der Waals surface area contributed by atoms with E-state index in [0.717, 1.165) is 24.9 Å². The Bertz CT molecular complexity index is 756. The van der Waals surface area contributed by atoms with Crippen molar-refractivity contribution in [2.45, 2.75) is 26.2 Å². The predicted molar refractivity (Wildman–Crippen MR) is 86.1 cm³/mol. The van der Waals surface area contributed by atoms with Crippen molar-refractivity contribution in [3.05, 3.63) is 46.8 Å². The summed E-state index contributed by atoms with van der Waals surface area (Å²) in [6, 6.07) is 7.37. The van der Waals surface area contributed by atoms with Gasteiger partial charge in [-0.15, -0.1) is 0 Å². The highest BCUT2D eigenvalue weighted by Crippen LogP contribution is 2.22. The van der Waals surface area contributed by atoms with E-state index in [9.17, 15) is 9.59 Å². The molecule has 24 heavy (non-hydrogen) atoms. The van der Waals surface area contributed by atoms with Gasteiger partial charge in [0.1, 0.15) is 11.4 Å². The summed E-state index contributed by atoms with van der Waals surface area (Å²) in [7, 11) is 0. The first-order chi connectivity index (χ1) is 11.5. The molecule has 1 aromatic carbocycles. The van der Waals surface area contributed by atoms with E-state index in [-0.39, 0.29) is 12.3 Å². The highest BCUT2D eigenvalue weighted by molar-refractivity contribution is 5.92. The van der Waals surface area contributed by atoms with Crippen molar-refractivity contribution in [1.29, 1.82) is 0 Å². The maximum atomic E-state index is 12.4. The Labute approximate surface area is 139 Å². The molecule has 2 aromatic rings. The summed E-state index contributed by atoms with van der Waals surface area (Å²) in [5, 5.41) is 7.46. The number of benzene rings is 1. The van der Waals surface area contributed by atoms with Crippen molar-refractivity contribution >= 4 is 11.8 Å². The highest BCUT2D eigenvalue weighted by Gasteiger charge is 2.27. The minimum atomic E-state index is -0.420. The number of carbonyl (C=O) groups is 2. The van der Waals surface area contributed by atoms with Gasteiger partial charge in [-0.25, -0.2) is 4.63 Å². The third kappa shape index (κ3) is 3.61. The van der Waals surface area contributed by atoms with E-state index < -0.39 is 5.91 Å². The van der Waals surface area contributed by atoms with Crippen LogP contribution in [0.1, 0.15) is 33.7 Å². The lowest BCUT2D eigenvalue weighted by Crippen LogP contribution is -2.30. The van der Waals surface area contributed by atoms with Gasteiger partial charge in [-0.3, -0.25) is 9.59 Å². The molecule has 2 amide bonds. The molecule has 1 fully saturated rings. The van der Waals surface area contributed by atoms with E-state index in [1.165, 1.54) is 0 Å². The molecular weight excluding hydrogens is 308 g/mol. The summed E-state index contributed by atoms with van der Waals surface area (Å²) >= 11 is 0. The van der Waals surface area contributed by atoms with Crippen LogP contribution in [0.3, 0.4) is 0 Å². The van der Waals surface area contributed by atoms with Gasteiger partial charge in [0.2, 0.25) is 11.8 Å². The fourth-order valence-corrected chi connectivity index (χ4v) is 3.08. The Morgan fingerprint density at radius 1 is 1.38 bits per heavy atom. The first-order valence-corrected chi connectivity index (χ1v) is 7.97. The SMILES string of the molecule is Cc1nonc1CC(=O)N1CCC(Cc2cccc(C(N)=O)c2)C1. The number of primary amides is 1. The molecule has 1 aliphatic heterocycles. The zero-order valence-electron chi connectivity index (χ0n) is 13.6. The highest BCUT2D eigenvalue weighted by atomic mass is 16.6. The Morgan fingerprint density at radius 3 is 2.92 bits per heavy atom. The second-order valence-corrected chi connectivity index (χ2v) is 6.24. The maximum Gasteiger partial charge on any atom is 0.248 e. The van der Waals surface area contributed by atoms with E-state index in [1.54, 1.807) is 13.0 Å². The molecule has 0 spiro atoms. The summed E-state index contributed by atoms with van der Waals surface area (Å²) in [5.74, 6) is 0.00691. The molecule has 7 heteroatoms. The van der Waals surface area contributed by atoms with Crippen LogP contribution in [0.5, 0.6) is 0 Å². The number of amides is 2. The second-order valence-electron chi connectivity index (χ2n) is 6.24. The van der Waals surface area contributed by atoms with E-state index in [0.29, 0.717) is 29.4 Å². The number of hydrogen-bond acceptors (Lipinski definition) is 5. The molecule has 0 saturated carbocycles. The smallest absolute Gasteiger partial charge is 0.248 e. The molecule has 126 valence electrons. The van der Waals surface area contributed by atoms with Crippen LogP contribution in [-0.4, -0.2) is 40.1 Å². The van der Waals surface area contributed by atoms with Crippen LogP contribution in [0.25, 0.3) is 0 Å². The van der Waals surface area contributed by atoms with Crippen LogP contribution in [0.2, 0.25) is 0 Å². The summed E-state index contributed by atoms with van der Waals surface area (Å²) in [5.41, 5.74) is 8.16. The Balaban J connectivity index is 1.57. The third-order valence-corrected chi connectivity index (χ3v) is 4.44. The van der Waals surface area contributed by atoms with Crippen LogP contribution in [0.15, 0.2) is 28.9 Å². The quantitative estimate of drug-likeness (QED) is 0.886. The molecule has 2 heterocycles. The van der Waals surface area contributed by atoms with E-state index >= 15 is 0 Å². The fourth-order valence-electron chi connectivity index (χ4n) is 3.08. The minimum Gasteiger partial charge on any atom is -0.366 e. The van der Waals surface area contributed by atoms with Gasteiger partial charge in [0, 0.05) is 18.7 Å². The minimum absolute atomic E-state index is 0.0437. The molecule has 1 atom stereocenters. The first kappa shape index (κ1) is 16.2. The first-order valence-electron chi connectivity index (χ1n) is 7.97. The molecule has 1 unspecified atom stereocenters. The zero-order valence-corrected chi connectivity index (χ0v) is 13.6. The summed E-state index contributed by atoms with van der Waals surface area (Å²) < 4.78 is 4.63.